The highest BCUT2D eigenvalue weighted by atomic mass is 32.2. The average molecular weight is 547 g/mol. The van der Waals surface area contributed by atoms with Crippen molar-refractivity contribution in [3.05, 3.63) is 59.9 Å². The number of nitrogens with one attached hydrogen (secondary N) is 1. The van der Waals surface area contributed by atoms with Gasteiger partial charge in [-0.1, -0.05) is 6.07 Å². The Kier molecular flexibility index (Phi) is 5.72. The second kappa shape index (κ2) is 9.07. The van der Waals surface area contributed by atoms with Crippen LogP contribution in [0.15, 0.2) is 48.5 Å². The van der Waals surface area contributed by atoms with Gasteiger partial charge in [-0.3, -0.25) is 0 Å². The molecule has 10 heteroatoms. The van der Waals surface area contributed by atoms with Crippen LogP contribution in [0.25, 0.3) is 16.9 Å². The Balaban J connectivity index is 1.19. The lowest BCUT2D eigenvalue weighted by Crippen LogP contribution is -2.50. The first-order valence-electron chi connectivity index (χ1n) is 13.7. The van der Waals surface area contributed by atoms with E-state index in [2.05, 4.69) is 15.1 Å². The van der Waals surface area contributed by atoms with Crippen LogP contribution in [-0.4, -0.2) is 72.9 Å². The van der Waals surface area contributed by atoms with Crippen LogP contribution in [0.3, 0.4) is 0 Å². The number of hydrogen-bond donors (Lipinski definition) is 1. The zero-order valence-electron chi connectivity index (χ0n) is 21.7. The van der Waals surface area contributed by atoms with Gasteiger partial charge in [0.2, 0.25) is 0 Å². The van der Waals surface area contributed by atoms with E-state index in [1.54, 1.807) is 6.07 Å². The lowest BCUT2D eigenvalue weighted by Gasteiger charge is -2.48. The van der Waals surface area contributed by atoms with Crippen LogP contribution >= 0.6 is 0 Å². The van der Waals surface area contributed by atoms with Crippen molar-refractivity contribution in [2.45, 2.75) is 37.0 Å². The van der Waals surface area contributed by atoms with Crippen molar-refractivity contribution >= 4 is 21.3 Å². The lowest BCUT2D eigenvalue weighted by molar-refractivity contribution is 0.0360. The summed E-state index contributed by atoms with van der Waals surface area (Å²) in [5.41, 5.74) is 3.51. The van der Waals surface area contributed by atoms with Crippen LogP contribution in [0.5, 0.6) is 0 Å². The summed E-state index contributed by atoms with van der Waals surface area (Å²) in [6.45, 7) is 4.87. The molecule has 0 spiro atoms. The van der Waals surface area contributed by atoms with Gasteiger partial charge in [-0.15, -0.1) is 5.10 Å². The van der Waals surface area contributed by atoms with Crippen LogP contribution in [-0.2, 0) is 9.84 Å². The standard InChI is InChI=1S/C29H31FN6O2S/c30-26-13-20(1-2-21(26)16-31)27-15-28(32-19-29-7-10-34(11-8-29)12-9-29)33-36(27)23-5-3-22(4-6-23)35-17-25-14-24(35)18-39(25,37)38/h1-6,13,15,24-25H,7-12,14,17-19H2,(H,32,33). The van der Waals surface area contributed by atoms with Gasteiger partial charge in [-0.05, 0) is 87.1 Å². The summed E-state index contributed by atoms with van der Waals surface area (Å²) in [5, 5.41) is 17.4. The number of sulfone groups is 1. The topological polar surface area (TPSA) is 94.3 Å². The number of nitrogens with zero attached hydrogens (tertiary/aromatic N) is 5. The third-order valence-electron chi connectivity index (χ3n) is 9.35. The zero-order chi connectivity index (χ0) is 26.8. The van der Waals surface area contributed by atoms with Crippen molar-refractivity contribution < 1.29 is 12.8 Å². The first-order chi connectivity index (χ1) is 18.8. The summed E-state index contributed by atoms with van der Waals surface area (Å²) in [6, 6.07) is 16.5. The fourth-order valence-corrected chi connectivity index (χ4v) is 8.90. The molecule has 1 N–H and O–H groups in total. The number of rotatable bonds is 6. The first kappa shape index (κ1) is 24.6. The van der Waals surface area contributed by atoms with Crippen molar-refractivity contribution in [1.29, 1.82) is 5.26 Å². The first-order valence-corrected chi connectivity index (χ1v) is 15.4. The number of fused-ring (bicyclic) bond motifs is 5. The number of piperidine rings is 3. The minimum Gasteiger partial charge on any atom is -0.368 e. The summed E-state index contributed by atoms with van der Waals surface area (Å²) in [6.07, 6.45) is 4.27. The molecule has 5 saturated heterocycles. The third kappa shape index (κ3) is 4.28. The van der Waals surface area contributed by atoms with Gasteiger partial charge in [0.15, 0.2) is 9.84 Å². The van der Waals surface area contributed by atoms with Gasteiger partial charge in [0, 0.05) is 36.4 Å². The number of nitriles is 1. The lowest BCUT2D eigenvalue weighted by atomic mass is 9.72. The molecule has 6 heterocycles. The van der Waals surface area contributed by atoms with E-state index in [0.717, 1.165) is 49.1 Å². The molecule has 0 amide bonds. The highest BCUT2D eigenvalue weighted by Crippen LogP contribution is 2.40. The molecule has 0 aliphatic carbocycles. The second-order valence-corrected chi connectivity index (χ2v) is 13.9. The minimum atomic E-state index is -2.96. The highest BCUT2D eigenvalue weighted by Gasteiger charge is 2.48. The summed E-state index contributed by atoms with van der Waals surface area (Å²) < 4.78 is 40.8. The summed E-state index contributed by atoms with van der Waals surface area (Å²) in [7, 11) is -2.96. The van der Waals surface area contributed by atoms with Crippen LogP contribution in [0.1, 0.15) is 31.2 Å². The van der Waals surface area contributed by atoms with Crippen molar-refractivity contribution in [2.75, 3.05) is 48.7 Å². The van der Waals surface area contributed by atoms with E-state index >= 15 is 0 Å². The van der Waals surface area contributed by atoms with Crippen LogP contribution < -0.4 is 10.2 Å². The Labute approximate surface area is 227 Å². The molecule has 5 fully saturated rings. The maximum Gasteiger partial charge on any atom is 0.156 e. The van der Waals surface area contributed by atoms with Gasteiger partial charge in [0.1, 0.15) is 17.7 Å². The van der Waals surface area contributed by atoms with Crippen molar-refractivity contribution in [1.82, 2.24) is 14.7 Å². The third-order valence-corrected chi connectivity index (χ3v) is 11.6. The van der Waals surface area contributed by atoms with Crippen LogP contribution in [0, 0.1) is 22.6 Å². The Morgan fingerprint density at radius 2 is 1.77 bits per heavy atom. The van der Waals surface area contributed by atoms with Crippen LogP contribution in [0.4, 0.5) is 15.9 Å². The van der Waals surface area contributed by atoms with E-state index in [4.69, 9.17) is 5.10 Å². The minimum absolute atomic E-state index is 0.0113. The van der Waals surface area contributed by atoms with E-state index in [1.807, 2.05) is 41.1 Å². The van der Waals surface area contributed by atoms with E-state index in [9.17, 15) is 18.1 Å². The monoisotopic (exact) mass is 546 g/mol. The van der Waals surface area contributed by atoms with E-state index in [-0.39, 0.29) is 22.6 Å². The SMILES string of the molecule is N#Cc1ccc(-c2cc(NCC34CCN(CC3)CC4)nn2-c2ccc(N3CC4CC3CS4(=O)=O)cc2)cc1F. The number of hydrogen-bond acceptors (Lipinski definition) is 7. The van der Waals surface area contributed by atoms with Crippen molar-refractivity contribution in [3.8, 4) is 23.0 Å². The second-order valence-electron chi connectivity index (χ2n) is 11.6. The van der Waals surface area contributed by atoms with Crippen LogP contribution in [0.2, 0.25) is 0 Å². The molecule has 39 heavy (non-hydrogen) atoms. The molecule has 0 saturated carbocycles. The maximum atomic E-state index is 14.6. The number of aromatic nitrogens is 2. The molecule has 2 atom stereocenters. The smallest absolute Gasteiger partial charge is 0.156 e. The fraction of sp³-hybridized carbons (Fsp3) is 0.448. The summed E-state index contributed by atoms with van der Waals surface area (Å²) in [5.74, 6) is 0.407. The van der Waals surface area contributed by atoms with E-state index in [0.29, 0.717) is 23.9 Å². The van der Waals surface area contributed by atoms with E-state index in [1.165, 1.54) is 31.4 Å². The molecule has 8 rings (SSSR count). The van der Waals surface area contributed by atoms with Gasteiger partial charge >= 0.3 is 0 Å². The molecular weight excluding hydrogens is 515 g/mol. The normalized spacial score (nSPS) is 28.5. The number of anilines is 2. The Hall–Kier alpha value is -3.42. The molecule has 1 aromatic heterocycles. The number of halogens is 1. The molecule has 202 valence electrons. The Morgan fingerprint density at radius 1 is 1.05 bits per heavy atom. The van der Waals surface area contributed by atoms with Crippen molar-refractivity contribution in [3.63, 3.8) is 0 Å². The van der Waals surface area contributed by atoms with Gasteiger partial charge in [-0.25, -0.2) is 17.5 Å². The molecule has 5 aliphatic heterocycles. The average Bonchev–Trinajstić information content (AvgIpc) is 3.65. The highest BCUT2D eigenvalue weighted by molar-refractivity contribution is 7.92. The summed E-state index contributed by atoms with van der Waals surface area (Å²) >= 11 is 0. The van der Waals surface area contributed by atoms with Gasteiger partial charge in [0.25, 0.3) is 0 Å². The molecule has 4 bridgehead atoms. The molecule has 2 aromatic carbocycles. The predicted molar refractivity (Wildman–Crippen MR) is 148 cm³/mol. The number of benzene rings is 2. The quantitative estimate of drug-likeness (QED) is 0.502. The molecule has 3 aromatic rings. The molecule has 5 aliphatic rings. The summed E-state index contributed by atoms with van der Waals surface area (Å²) in [4.78, 5) is 4.72. The molecule has 8 nitrogen and oxygen atoms in total. The Bertz CT molecular complexity index is 1560. The molecule has 0 radical (unpaired) electrons. The Morgan fingerprint density at radius 3 is 2.38 bits per heavy atom. The predicted octanol–water partition coefficient (Wildman–Crippen LogP) is 3.82. The largest absolute Gasteiger partial charge is 0.368 e. The van der Waals surface area contributed by atoms with Crippen molar-refractivity contribution in [2.24, 2.45) is 5.41 Å². The maximum absolute atomic E-state index is 14.6. The van der Waals surface area contributed by atoms with Gasteiger partial charge in [-0.2, -0.15) is 5.26 Å². The van der Waals surface area contributed by atoms with Gasteiger partial charge in [0.05, 0.1) is 27.9 Å². The zero-order valence-corrected chi connectivity index (χ0v) is 22.5. The molecule has 2 unspecified atom stereocenters. The van der Waals surface area contributed by atoms with Gasteiger partial charge < -0.3 is 15.1 Å². The van der Waals surface area contributed by atoms with E-state index < -0.39 is 15.7 Å². The molecular formula is C29H31FN6O2S. The fourth-order valence-electron chi connectivity index (χ4n) is 6.87.